The van der Waals surface area contributed by atoms with E-state index < -0.39 is 5.60 Å². The van der Waals surface area contributed by atoms with Crippen molar-refractivity contribution in [1.82, 2.24) is 29.7 Å². The van der Waals surface area contributed by atoms with E-state index in [-0.39, 0.29) is 0 Å². The lowest BCUT2D eigenvalue weighted by atomic mass is 9.92. The van der Waals surface area contributed by atoms with Crippen LogP contribution in [0.2, 0.25) is 0 Å². The van der Waals surface area contributed by atoms with Gasteiger partial charge in [-0.05, 0) is 12.0 Å². The van der Waals surface area contributed by atoms with Crippen LogP contribution in [0.3, 0.4) is 0 Å². The fourth-order valence-electron chi connectivity index (χ4n) is 3.12. The fraction of sp³-hybridized carbons (Fsp3) is 0.429. The number of anilines is 1. The summed E-state index contributed by atoms with van der Waals surface area (Å²) in [5.41, 5.74) is 1.03. The normalized spacial score (nSPS) is 17.0. The lowest BCUT2D eigenvalue weighted by Gasteiger charge is -2.46. The Hall–Kier alpha value is -2.48. The number of hydrogen-bond acceptors (Lipinski definition) is 6. The van der Waals surface area contributed by atoms with Crippen LogP contribution >= 0.6 is 0 Å². The molecule has 3 aromatic heterocycles. The van der Waals surface area contributed by atoms with Crippen molar-refractivity contribution in [2.45, 2.75) is 18.9 Å². The highest BCUT2D eigenvalue weighted by Crippen LogP contribution is 2.36. The van der Waals surface area contributed by atoms with Crippen LogP contribution < -0.4 is 4.90 Å². The highest BCUT2D eigenvalue weighted by atomic mass is 16.3. The molecule has 4 rings (SSSR count). The van der Waals surface area contributed by atoms with Crippen LogP contribution in [0.5, 0.6) is 0 Å². The molecule has 22 heavy (non-hydrogen) atoms. The highest BCUT2D eigenvalue weighted by Gasteiger charge is 2.47. The van der Waals surface area contributed by atoms with Crippen molar-refractivity contribution >= 4 is 16.9 Å². The van der Waals surface area contributed by atoms with Crippen LogP contribution in [0.25, 0.3) is 11.0 Å². The molecule has 0 unspecified atom stereocenters. The number of aromatic amines is 1. The van der Waals surface area contributed by atoms with Gasteiger partial charge in [-0.2, -0.15) is 5.10 Å². The summed E-state index contributed by atoms with van der Waals surface area (Å²) in [4.78, 5) is 18.1. The van der Waals surface area contributed by atoms with Crippen LogP contribution in [0.15, 0.2) is 18.9 Å². The summed E-state index contributed by atoms with van der Waals surface area (Å²) in [5, 5.41) is 15.8. The average molecular weight is 299 g/mol. The Morgan fingerprint density at radius 2 is 2.09 bits per heavy atom. The maximum Gasteiger partial charge on any atom is 0.162 e. The Morgan fingerprint density at radius 3 is 2.77 bits per heavy atom. The number of aryl methyl sites for hydroxylation is 2. The van der Waals surface area contributed by atoms with Crippen molar-refractivity contribution in [3.8, 4) is 0 Å². The number of nitrogens with one attached hydrogen (secondary N) is 1. The zero-order valence-electron chi connectivity index (χ0n) is 12.5. The maximum absolute atomic E-state index is 10.7. The minimum Gasteiger partial charge on any atom is -0.378 e. The first-order valence-corrected chi connectivity index (χ1v) is 7.25. The second-order valence-corrected chi connectivity index (χ2v) is 5.68. The van der Waals surface area contributed by atoms with E-state index in [2.05, 4.69) is 32.0 Å². The SMILES string of the molecule is CCc1c[nH]c2ncnc(N3CC(O)(c4ncnn4C)C3)c12. The molecule has 0 saturated carbocycles. The molecule has 8 nitrogen and oxygen atoms in total. The highest BCUT2D eigenvalue weighted by molar-refractivity contribution is 5.91. The number of aliphatic hydroxyl groups is 1. The first-order valence-electron chi connectivity index (χ1n) is 7.25. The van der Waals surface area contributed by atoms with E-state index in [1.54, 1.807) is 18.1 Å². The number of β-amino-alcohol motifs (C(OH)–C–C–N with tert-alkyl or cyclic N) is 1. The Kier molecular flexibility index (Phi) is 2.70. The minimum absolute atomic E-state index is 0.444. The smallest absolute Gasteiger partial charge is 0.162 e. The number of fused-ring (bicyclic) bond motifs is 1. The average Bonchev–Trinajstić information content (AvgIpc) is 3.09. The second-order valence-electron chi connectivity index (χ2n) is 5.68. The molecular weight excluding hydrogens is 282 g/mol. The molecule has 0 bridgehead atoms. The topological polar surface area (TPSA) is 95.8 Å². The third-order valence-electron chi connectivity index (χ3n) is 4.24. The van der Waals surface area contributed by atoms with E-state index in [9.17, 15) is 5.11 Å². The molecule has 8 heteroatoms. The van der Waals surface area contributed by atoms with Crippen molar-refractivity contribution in [3.05, 3.63) is 30.2 Å². The van der Waals surface area contributed by atoms with Crippen molar-refractivity contribution in [1.29, 1.82) is 0 Å². The molecule has 0 amide bonds. The molecule has 2 N–H and O–H groups in total. The molecule has 1 aliphatic heterocycles. The monoisotopic (exact) mass is 299 g/mol. The summed E-state index contributed by atoms with van der Waals surface area (Å²) in [6.07, 6.45) is 5.88. The van der Waals surface area contributed by atoms with E-state index >= 15 is 0 Å². The molecular formula is C14H17N7O. The zero-order valence-corrected chi connectivity index (χ0v) is 12.5. The standard InChI is InChI=1S/C14H17N7O/c1-3-9-4-15-11-10(9)12(17-7-16-11)21-5-14(22,6-21)13-18-8-19-20(13)2/h4,7-8,22H,3,5-6H2,1-2H3,(H,15,16,17). The molecule has 0 spiro atoms. The maximum atomic E-state index is 10.7. The number of H-pyrrole nitrogens is 1. The summed E-state index contributed by atoms with van der Waals surface area (Å²) in [6.45, 7) is 2.99. The van der Waals surface area contributed by atoms with Gasteiger partial charge in [-0.3, -0.25) is 4.68 Å². The molecule has 0 radical (unpaired) electrons. The lowest BCUT2D eigenvalue weighted by Crippen LogP contribution is -2.61. The molecule has 1 fully saturated rings. The van der Waals surface area contributed by atoms with Crippen molar-refractivity contribution in [2.75, 3.05) is 18.0 Å². The van der Waals surface area contributed by atoms with Gasteiger partial charge in [-0.15, -0.1) is 0 Å². The Labute approximate surface area is 126 Å². The Morgan fingerprint density at radius 1 is 1.27 bits per heavy atom. The van der Waals surface area contributed by atoms with Gasteiger partial charge in [-0.1, -0.05) is 6.92 Å². The Balaban J connectivity index is 1.69. The summed E-state index contributed by atoms with van der Waals surface area (Å²) in [7, 11) is 1.78. The van der Waals surface area contributed by atoms with Gasteiger partial charge in [0.05, 0.1) is 18.5 Å². The minimum atomic E-state index is -0.981. The molecule has 0 atom stereocenters. The van der Waals surface area contributed by atoms with Gasteiger partial charge in [0.15, 0.2) is 11.4 Å². The third-order valence-corrected chi connectivity index (χ3v) is 4.24. The number of rotatable bonds is 3. The van der Waals surface area contributed by atoms with E-state index in [4.69, 9.17) is 0 Å². The third kappa shape index (κ3) is 1.73. The van der Waals surface area contributed by atoms with Gasteiger partial charge in [-0.25, -0.2) is 15.0 Å². The van der Waals surface area contributed by atoms with Crippen molar-refractivity contribution < 1.29 is 5.11 Å². The van der Waals surface area contributed by atoms with Gasteiger partial charge in [0, 0.05) is 13.2 Å². The summed E-state index contributed by atoms with van der Waals surface area (Å²) >= 11 is 0. The summed E-state index contributed by atoms with van der Waals surface area (Å²) in [5.74, 6) is 1.44. The predicted molar refractivity (Wildman–Crippen MR) is 80.4 cm³/mol. The fourth-order valence-corrected chi connectivity index (χ4v) is 3.12. The van der Waals surface area contributed by atoms with Crippen LogP contribution in [0, 0.1) is 0 Å². The van der Waals surface area contributed by atoms with Crippen LogP contribution in [0.4, 0.5) is 5.82 Å². The van der Waals surface area contributed by atoms with E-state index in [1.807, 2.05) is 11.1 Å². The molecule has 0 aliphatic carbocycles. The van der Waals surface area contributed by atoms with Gasteiger partial charge in [0.25, 0.3) is 0 Å². The summed E-state index contributed by atoms with van der Waals surface area (Å²) < 4.78 is 1.61. The van der Waals surface area contributed by atoms with Crippen LogP contribution in [-0.2, 0) is 19.1 Å². The molecule has 4 heterocycles. The largest absolute Gasteiger partial charge is 0.378 e. The molecule has 1 aliphatic rings. The first-order chi connectivity index (χ1) is 10.6. The van der Waals surface area contributed by atoms with Gasteiger partial charge >= 0.3 is 0 Å². The second kappa shape index (κ2) is 4.51. The van der Waals surface area contributed by atoms with E-state index in [0.29, 0.717) is 18.9 Å². The van der Waals surface area contributed by atoms with E-state index in [1.165, 1.54) is 11.9 Å². The van der Waals surface area contributed by atoms with Crippen LogP contribution in [0.1, 0.15) is 18.3 Å². The van der Waals surface area contributed by atoms with E-state index in [0.717, 1.165) is 23.3 Å². The first kappa shape index (κ1) is 13.2. The van der Waals surface area contributed by atoms with Crippen molar-refractivity contribution in [2.24, 2.45) is 7.05 Å². The lowest BCUT2D eigenvalue weighted by molar-refractivity contribution is -0.00451. The molecule has 3 aromatic rings. The zero-order chi connectivity index (χ0) is 15.3. The summed E-state index contributed by atoms with van der Waals surface area (Å²) in [6, 6.07) is 0. The number of nitrogens with zero attached hydrogens (tertiary/aromatic N) is 6. The number of aromatic nitrogens is 6. The van der Waals surface area contributed by atoms with Gasteiger partial charge in [0.1, 0.15) is 24.1 Å². The van der Waals surface area contributed by atoms with Gasteiger partial charge < -0.3 is 15.0 Å². The molecule has 114 valence electrons. The molecule has 0 aromatic carbocycles. The van der Waals surface area contributed by atoms with Crippen LogP contribution in [-0.4, -0.2) is 47.9 Å². The van der Waals surface area contributed by atoms with Gasteiger partial charge in [0.2, 0.25) is 0 Å². The predicted octanol–water partition coefficient (Wildman–Crippen LogP) is 0.357. The quantitative estimate of drug-likeness (QED) is 0.725. The number of hydrogen-bond donors (Lipinski definition) is 2. The molecule has 1 saturated heterocycles. The Bertz CT molecular complexity index is 831. The van der Waals surface area contributed by atoms with Crippen molar-refractivity contribution in [3.63, 3.8) is 0 Å².